The number of aromatic amines is 1. The second-order valence-corrected chi connectivity index (χ2v) is 7.15. The summed E-state index contributed by atoms with van der Waals surface area (Å²) in [6.07, 6.45) is 7.79. The van der Waals surface area contributed by atoms with E-state index in [9.17, 15) is 14.4 Å². The molecule has 1 aromatic rings. The van der Waals surface area contributed by atoms with Gasteiger partial charge in [-0.25, -0.2) is 0 Å². The second-order valence-electron chi connectivity index (χ2n) is 7.15. The predicted octanol–water partition coefficient (Wildman–Crippen LogP) is 0.697. The summed E-state index contributed by atoms with van der Waals surface area (Å²) in [5, 5.41) is 0. The van der Waals surface area contributed by atoms with Gasteiger partial charge in [-0.1, -0.05) is 12.5 Å². The number of primary amides is 1. The quantitative estimate of drug-likeness (QED) is 0.808. The van der Waals surface area contributed by atoms with E-state index in [0.717, 1.165) is 25.9 Å². The molecule has 3 rings (SSSR count). The molecule has 0 unspecified atom stereocenters. The number of hydrogen-bond donors (Lipinski definition) is 2. The Hall–Kier alpha value is -2.15. The van der Waals surface area contributed by atoms with Crippen molar-refractivity contribution < 1.29 is 9.59 Å². The van der Waals surface area contributed by atoms with Gasteiger partial charge >= 0.3 is 0 Å². The molecule has 26 heavy (non-hydrogen) atoms. The minimum absolute atomic E-state index is 0.0243. The molecule has 2 fully saturated rings. The van der Waals surface area contributed by atoms with Gasteiger partial charge in [0.05, 0.1) is 6.42 Å². The highest BCUT2D eigenvalue weighted by atomic mass is 16.2. The zero-order valence-electron chi connectivity index (χ0n) is 15.1. The molecule has 7 heteroatoms. The van der Waals surface area contributed by atoms with E-state index in [4.69, 9.17) is 5.73 Å². The van der Waals surface area contributed by atoms with Gasteiger partial charge in [0.1, 0.15) is 5.69 Å². The van der Waals surface area contributed by atoms with Gasteiger partial charge < -0.3 is 20.5 Å². The van der Waals surface area contributed by atoms with Crippen LogP contribution in [0.15, 0.2) is 16.9 Å². The molecule has 2 aliphatic rings. The van der Waals surface area contributed by atoms with Crippen molar-refractivity contribution >= 4 is 11.8 Å². The molecule has 0 aromatic carbocycles. The standard InChI is InChI=1S/C19H27N4O3/c20-19(26)18-14(4-6-16(24)21-18)5-7-17(25)23-12-8-15(9-13-23)22-10-2-1-3-11-22/h4,6-7,15H,1-3,5,8-13H2,(H2,20,26)(H,21,24). The van der Waals surface area contributed by atoms with E-state index in [2.05, 4.69) is 9.88 Å². The number of pyridine rings is 1. The fourth-order valence-electron chi connectivity index (χ4n) is 3.96. The molecular formula is C19H27N4O3. The Kier molecular flexibility index (Phi) is 6.08. The van der Waals surface area contributed by atoms with Crippen LogP contribution >= 0.6 is 0 Å². The van der Waals surface area contributed by atoms with E-state index >= 15 is 0 Å². The van der Waals surface area contributed by atoms with Crippen LogP contribution in [0.5, 0.6) is 0 Å². The van der Waals surface area contributed by atoms with Crippen molar-refractivity contribution in [3.63, 3.8) is 0 Å². The molecular weight excluding hydrogens is 332 g/mol. The number of rotatable bonds is 5. The summed E-state index contributed by atoms with van der Waals surface area (Å²) < 4.78 is 0. The first-order valence-corrected chi connectivity index (χ1v) is 9.43. The zero-order valence-corrected chi connectivity index (χ0v) is 15.1. The van der Waals surface area contributed by atoms with Crippen molar-refractivity contribution in [3.05, 3.63) is 40.2 Å². The van der Waals surface area contributed by atoms with Crippen molar-refractivity contribution in [2.24, 2.45) is 5.73 Å². The SMILES string of the molecule is NC(=O)c1[nH]c(=O)ccc1C[CH]C(=O)N1CCC(N2CCCCC2)CC1. The molecule has 1 radical (unpaired) electrons. The van der Waals surface area contributed by atoms with Crippen LogP contribution in [0, 0.1) is 6.42 Å². The van der Waals surface area contributed by atoms with Crippen molar-refractivity contribution in [1.82, 2.24) is 14.8 Å². The summed E-state index contributed by atoms with van der Waals surface area (Å²) in [5.41, 5.74) is 5.55. The Bertz CT molecular complexity index is 701. The normalized spacial score (nSPS) is 19.5. The number of H-pyrrole nitrogens is 1. The molecule has 141 valence electrons. The zero-order chi connectivity index (χ0) is 18.5. The smallest absolute Gasteiger partial charge is 0.265 e. The molecule has 2 saturated heterocycles. The van der Waals surface area contributed by atoms with E-state index in [-0.39, 0.29) is 23.6 Å². The molecule has 0 spiro atoms. The fourth-order valence-corrected chi connectivity index (χ4v) is 3.96. The van der Waals surface area contributed by atoms with Crippen LogP contribution in [-0.4, -0.2) is 58.8 Å². The van der Waals surface area contributed by atoms with Crippen LogP contribution in [0.1, 0.15) is 48.2 Å². The van der Waals surface area contributed by atoms with Crippen LogP contribution < -0.4 is 11.3 Å². The number of amides is 2. The first-order valence-electron chi connectivity index (χ1n) is 9.43. The van der Waals surface area contributed by atoms with Gasteiger partial charge in [-0.15, -0.1) is 0 Å². The minimum Gasteiger partial charge on any atom is -0.364 e. The molecule has 1 aromatic heterocycles. The van der Waals surface area contributed by atoms with E-state index in [0.29, 0.717) is 11.6 Å². The molecule has 2 amide bonds. The number of aromatic nitrogens is 1. The Morgan fingerprint density at radius 3 is 2.46 bits per heavy atom. The molecule has 0 atom stereocenters. The molecule has 3 N–H and O–H groups in total. The number of nitrogens with two attached hydrogens (primary N) is 1. The number of likely N-dealkylation sites (tertiary alicyclic amines) is 2. The van der Waals surface area contributed by atoms with Crippen LogP contribution in [0.2, 0.25) is 0 Å². The van der Waals surface area contributed by atoms with Gasteiger partial charge in [0.2, 0.25) is 11.5 Å². The van der Waals surface area contributed by atoms with E-state index < -0.39 is 5.91 Å². The second kappa shape index (κ2) is 8.49. The number of nitrogens with one attached hydrogen (secondary N) is 1. The van der Waals surface area contributed by atoms with Crippen molar-refractivity contribution in [1.29, 1.82) is 0 Å². The lowest BCUT2D eigenvalue weighted by Gasteiger charge is -2.40. The molecule has 2 aliphatic heterocycles. The summed E-state index contributed by atoms with van der Waals surface area (Å²) in [7, 11) is 0. The van der Waals surface area contributed by atoms with Crippen LogP contribution in [0.4, 0.5) is 0 Å². The number of piperidine rings is 2. The maximum Gasteiger partial charge on any atom is 0.265 e. The Morgan fingerprint density at radius 1 is 1.12 bits per heavy atom. The summed E-state index contributed by atoms with van der Waals surface area (Å²) in [4.78, 5) is 42.1. The summed E-state index contributed by atoms with van der Waals surface area (Å²) in [5.74, 6) is -0.718. The van der Waals surface area contributed by atoms with Crippen molar-refractivity contribution in [2.45, 2.75) is 44.6 Å². The molecule has 3 heterocycles. The van der Waals surface area contributed by atoms with Gasteiger partial charge in [-0.3, -0.25) is 14.4 Å². The van der Waals surface area contributed by atoms with Gasteiger partial charge in [0.25, 0.3) is 5.91 Å². The third kappa shape index (κ3) is 4.52. The Labute approximate surface area is 153 Å². The van der Waals surface area contributed by atoms with Crippen LogP contribution in [0.25, 0.3) is 0 Å². The lowest BCUT2D eigenvalue weighted by molar-refractivity contribution is -0.129. The highest BCUT2D eigenvalue weighted by Gasteiger charge is 2.27. The predicted molar refractivity (Wildman–Crippen MR) is 98.6 cm³/mol. The summed E-state index contributed by atoms with van der Waals surface area (Å²) in [6, 6.07) is 3.48. The van der Waals surface area contributed by atoms with Gasteiger partial charge in [-0.2, -0.15) is 0 Å². The first kappa shape index (κ1) is 18.6. The summed E-state index contributed by atoms with van der Waals surface area (Å²) in [6.45, 7) is 3.91. The minimum atomic E-state index is -0.694. The monoisotopic (exact) mass is 359 g/mol. The first-order chi connectivity index (χ1) is 12.5. The van der Waals surface area contributed by atoms with Gasteiger partial charge in [0, 0.05) is 25.2 Å². The topological polar surface area (TPSA) is 99.5 Å². The van der Waals surface area contributed by atoms with Crippen molar-refractivity contribution in [2.75, 3.05) is 26.2 Å². The number of carbonyl (C=O) groups is 2. The number of hydrogen-bond acceptors (Lipinski definition) is 4. The third-order valence-corrected chi connectivity index (χ3v) is 5.43. The number of carbonyl (C=O) groups excluding carboxylic acids is 2. The largest absolute Gasteiger partial charge is 0.364 e. The van der Waals surface area contributed by atoms with E-state index in [1.807, 2.05) is 4.90 Å². The molecule has 0 bridgehead atoms. The summed E-state index contributed by atoms with van der Waals surface area (Å²) >= 11 is 0. The van der Waals surface area contributed by atoms with E-state index in [1.165, 1.54) is 38.4 Å². The van der Waals surface area contributed by atoms with Gasteiger partial charge in [-0.05, 0) is 50.8 Å². The number of nitrogens with zero attached hydrogens (tertiary/aromatic N) is 2. The van der Waals surface area contributed by atoms with Crippen molar-refractivity contribution in [3.8, 4) is 0 Å². The fraction of sp³-hybridized carbons (Fsp3) is 0.579. The highest BCUT2D eigenvalue weighted by molar-refractivity contribution is 5.93. The third-order valence-electron chi connectivity index (χ3n) is 5.43. The molecule has 0 aliphatic carbocycles. The van der Waals surface area contributed by atoms with Gasteiger partial charge in [0.15, 0.2) is 0 Å². The van der Waals surface area contributed by atoms with Crippen LogP contribution in [-0.2, 0) is 11.2 Å². The maximum atomic E-state index is 12.5. The average molecular weight is 359 g/mol. The average Bonchev–Trinajstić information content (AvgIpc) is 2.67. The Morgan fingerprint density at radius 2 is 1.81 bits per heavy atom. The van der Waals surface area contributed by atoms with Crippen LogP contribution in [0.3, 0.4) is 0 Å². The lowest BCUT2D eigenvalue weighted by Crippen LogP contribution is -2.48. The molecule has 0 saturated carbocycles. The Balaban J connectivity index is 1.50. The highest BCUT2D eigenvalue weighted by Crippen LogP contribution is 2.21. The lowest BCUT2D eigenvalue weighted by atomic mass is 9.99. The molecule has 7 nitrogen and oxygen atoms in total. The maximum absolute atomic E-state index is 12.5. The van der Waals surface area contributed by atoms with E-state index in [1.54, 1.807) is 12.5 Å².